The van der Waals surface area contributed by atoms with Crippen molar-refractivity contribution in [1.82, 2.24) is 10.3 Å². The molecular weight excluding hydrogens is 268 g/mol. The lowest BCUT2D eigenvalue weighted by Gasteiger charge is -2.17. The number of nitrogens with zero attached hydrogens (tertiary/aromatic N) is 1. The van der Waals surface area contributed by atoms with Gasteiger partial charge < -0.3 is 10.4 Å². The van der Waals surface area contributed by atoms with Crippen molar-refractivity contribution >= 4 is 22.8 Å². The molecule has 1 aromatic carbocycles. The predicted octanol–water partition coefficient (Wildman–Crippen LogP) is 2.32. The minimum absolute atomic E-state index is 0.0477. The van der Waals surface area contributed by atoms with Crippen LogP contribution in [0.2, 0.25) is 0 Å². The van der Waals surface area contributed by atoms with Crippen molar-refractivity contribution in [2.24, 2.45) is 11.8 Å². The number of para-hydroxylation sites is 1. The molecule has 1 amide bonds. The van der Waals surface area contributed by atoms with Gasteiger partial charge in [-0.25, -0.2) is 0 Å². The molecule has 0 spiro atoms. The highest BCUT2D eigenvalue weighted by atomic mass is 16.4. The number of fused-ring (bicyclic) bond motifs is 1. The highest BCUT2D eigenvalue weighted by molar-refractivity contribution is 6.05. The number of carbonyl (C=O) groups excluding carboxylic acids is 1. The Morgan fingerprint density at radius 3 is 2.62 bits per heavy atom. The van der Waals surface area contributed by atoms with Gasteiger partial charge in [-0.3, -0.25) is 14.6 Å². The van der Waals surface area contributed by atoms with Gasteiger partial charge in [0, 0.05) is 18.1 Å². The molecule has 0 aliphatic rings. The molecule has 2 N–H and O–H groups in total. The molecule has 1 heterocycles. The number of aliphatic carboxylic acids is 1. The van der Waals surface area contributed by atoms with Gasteiger partial charge in [0.1, 0.15) is 0 Å². The Balaban J connectivity index is 2.18. The Bertz CT molecular complexity index is 662. The second-order valence-corrected chi connectivity index (χ2v) is 5.28. The summed E-state index contributed by atoms with van der Waals surface area (Å²) in [5, 5.41) is 12.7. The Kier molecular flexibility index (Phi) is 4.52. The summed E-state index contributed by atoms with van der Waals surface area (Å²) in [5.41, 5.74) is 1.08. The van der Waals surface area contributed by atoms with Crippen molar-refractivity contribution in [1.29, 1.82) is 0 Å². The average molecular weight is 286 g/mol. The van der Waals surface area contributed by atoms with Crippen LogP contribution in [0, 0.1) is 11.8 Å². The van der Waals surface area contributed by atoms with Crippen molar-refractivity contribution in [3.05, 3.63) is 42.1 Å². The number of carbonyl (C=O) groups is 2. The summed E-state index contributed by atoms with van der Waals surface area (Å²) >= 11 is 0. The van der Waals surface area contributed by atoms with Crippen LogP contribution in [0.3, 0.4) is 0 Å². The van der Waals surface area contributed by atoms with Crippen LogP contribution < -0.4 is 5.32 Å². The molecule has 110 valence electrons. The fourth-order valence-electron chi connectivity index (χ4n) is 2.19. The van der Waals surface area contributed by atoms with E-state index in [-0.39, 0.29) is 18.4 Å². The van der Waals surface area contributed by atoms with Crippen LogP contribution in [0.25, 0.3) is 10.9 Å². The second-order valence-electron chi connectivity index (χ2n) is 5.28. The predicted molar refractivity (Wildman–Crippen MR) is 80.0 cm³/mol. The first-order chi connectivity index (χ1) is 10.0. The average Bonchev–Trinajstić information content (AvgIpc) is 2.46. The number of nitrogens with one attached hydrogen (secondary N) is 1. The van der Waals surface area contributed by atoms with Crippen molar-refractivity contribution < 1.29 is 14.7 Å². The zero-order valence-electron chi connectivity index (χ0n) is 12.0. The number of rotatable bonds is 5. The Morgan fingerprint density at radius 2 is 1.95 bits per heavy atom. The van der Waals surface area contributed by atoms with Crippen molar-refractivity contribution in [3.8, 4) is 0 Å². The van der Waals surface area contributed by atoms with E-state index < -0.39 is 11.9 Å². The largest absolute Gasteiger partial charge is 0.481 e. The molecule has 5 nitrogen and oxygen atoms in total. The lowest BCUT2D eigenvalue weighted by Crippen LogP contribution is -2.35. The third-order valence-corrected chi connectivity index (χ3v) is 3.48. The molecule has 0 saturated heterocycles. The Hall–Kier alpha value is -2.43. The van der Waals surface area contributed by atoms with Crippen LogP contribution in [0.5, 0.6) is 0 Å². The molecule has 0 fully saturated rings. The van der Waals surface area contributed by atoms with E-state index in [0.717, 1.165) is 5.39 Å². The molecule has 0 aliphatic carbocycles. The van der Waals surface area contributed by atoms with Gasteiger partial charge in [0.2, 0.25) is 0 Å². The smallest absolute Gasteiger partial charge is 0.308 e. The first kappa shape index (κ1) is 15.0. The Morgan fingerprint density at radius 1 is 1.24 bits per heavy atom. The third kappa shape index (κ3) is 3.37. The first-order valence-electron chi connectivity index (χ1n) is 6.85. The number of benzene rings is 1. The lowest BCUT2D eigenvalue weighted by atomic mass is 9.96. The fourth-order valence-corrected chi connectivity index (χ4v) is 2.19. The summed E-state index contributed by atoms with van der Waals surface area (Å²) in [4.78, 5) is 27.6. The number of carboxylic acids is 1. The second kappa shape index (κ2) is 6.35. The third-order valence-electron chi connectivity index (χ3n) is 3.48. The SMILES string of the molecule is CC(C)C(CNC(=O)c1cccc2cccnc12)C(=O)O. The van der Waals surface area contributed by atoms with E-state index in [4.69, 9.17) is 5.11 Å². The molecule has 0 radical (unpaired) electrons. The maximum absolute atomic E-state index is 12.3. The van der Waals surface area contributed by atoms with E-state index in [1.807, 2.05) is 32.0 Å². The fraction of sp³-hybridized carbons (Fsp3) is 0.312. The van der Waals surface area contributed by atoms with Crippen molar-refractivity contribution in [2.45, 2.75) is 13.8 Å². The van der Waals surface area contributed by atoms with Crippen LogP contribution >= 0.6 is 0 Å². The van der Waals surface area contributed by atoms with E-state index >= 15 is 0 Å². The molecule has 21 heavy (non-hydrogen) atoms. The first-order valence-corrected chi connectivity index (χ1v) is 6.85. The van der Waals surface area contributed by atoms with E-state index in [0.29, 0.717) is 11.1 Å². The van der Waals surface area contributed by atoms with Crippen LogP contribution in [0.1, 0.15) is 24.2 Å². The zero-order valence-corrected chi connectivity index (χ0v) is 12.0. The summed E-state index contributed by atoms with van der Waals surface area (Å²) < 4.78 is 0. The summed E-state index contributed by atoms with van der Waals surface area (Å²) in [6, 6.07) is 9.05. The van der Waals surface area contributed by atoms with Crippen molar-refractivity contribution in [3.63, 3.8) is 0 Å². The van der Waals surface area contributed by atoms with E-state index in [2.05, 4.69) is 10.3 Å². The van der Waals surface area contributed by atoms with Gasteiger partial charge >= 0.3 is 5.97 Å². The quantitative estimate of drug-likeness (QED) is 0.884. The highest BCUT2D eigenvalue weighted by Crippen LogP contribution is 2.16. The van der Waals surface area contributed by atoms with E-state index in [9.17, 15) is 9.59 Å². The van der Waals surface area contributed by atoms with Gasteiger partial charge in [0.15, 0.2) is 0 Å². The van der Waals surface area contributed by atoms with Gasteiger partial charge in [-0.15, -0.1) is 0 Å². The van der Waals surface area contributed by atoms with Crippen LogP contribution in [0.15, 0.2) is 36.5 Å². The normalized spacial score (nSPS) is 12.3. The zero-order chi connectivity index (χ0) is 15.4. The topological polar surface area (TPSA) is 79.3 Å². The molecule has 1 atom stereocenters. The van der Waals surface area contributed by atoms with Gasteiger partial charge in [-0.1, -0.05) is 32.0 Å². The molecule has 1 unspecified atom stereocenters. The monoisotopic (exact) mass is 286 g/mol. The van der Waals surface area contributed by atoms with E-state index in [1.54, 1.807) is 18.3 Å². The molecule has 2 aromatic rings. The molecular formula is C16H18N2O3. The standard InChI is InChI=1S/C16H18N2O3/c1-10(2)13(16(20)21)9-18-15(19)12-7-3-5-11-6-4-8-17-14(11)12/h3-8,10,13H,9H2,1-2H3,(H,18,19)(H,20,21). The molecule has 0 saturated carbocycles. The number of carboxylic acid groups (broad SMARTS) is 1. The van der Waals surface area contributed by atoms with Gasteiger partial charge in [-0.2, -0.15) is 0 Å². The number of aromatic nitrogens is 1. The summed E-state index contributed by atoms with van der Waals surface area (Å²) in [5.74, 6) is -1.85. The van der Waals surface area contributed by atoms with Crippen molar-refractivity contribution in [2.75, 3.05) is 6.54 Å². The van der Waals surface area contributed by atoms with Gasteiger partial charge in [-0.05, 0) is 18.1 Å². The molecule has 1 aromatic heterocycles. The molecule has 2 rings (SSSR count). The maximum Gasteiger partial charge on any atom is 0.308 e. The minimum Gasteiger partial charge on any atom is -0.481 e. The van der Waals surface area contributed by atoms with Gasteiger partial charge in [0.25, 0.3) is 5.91 Å². The molecule has 5 heteroatoms. The minimum atomic E-state index is -0.902. The van der Waals surface area contributed by atoms with Crippen LogP contribution in [0.4, 0.5) is 0 Å². The number of hydrogen-bond acceptors (Lipinski definition) is 3. The molecule has 0 bridgehead atoms. The van der Waals surface area contributed by atoms with E-state index in [1.165, 1.54) is 0 Å². The lowest BCUT2D eigenvalue weighted by molar-refractivity contribution is -0.142. The Labute approximate surface area is 123 Å². The summed E-state index contributed by atoms with van der Waals surface area (Å²) in [6.45, 7) is 3.75. The maximum atomic E-state index is 12.3. The molecule has 0 aliphatic heterocycles. The highest BCUT2D eigenvalue weighted by Gasteiger charge is 2.22. The summed E-state index contributed by atoms with van der Waals surface area (Å²) in [6.07, 6.45) is 1.63. The number of amides is 1. The van der Waals surface area contributed by atoms with Gasteiger partial charge in [0.05, 0.1) is 17.0 Å². The number of hydrogen-bond donors (Lipinski definition) is 2. The van der Waals surface area contributed by atoms with Crippen LogP contribution in [-0.2, 0) is 4.79 Å². The van der Waals surface area contributed by atoms with Crippen LogP contribution in [-0.4, -0.2) is 28.5 Å². The summed E-state index contributed by atoms with van der Waals surface area (Å²) in [7, 11) is 0. The number of pyridine rings is 1.